The van der Waals surface area contributed by atoms with Gasteiger partial charge in [0.1, 0.15) is 0 Å². The minimum Gasteiger partial charge on any atom is -0.481 e. The van der Waals surface area contributed by atoms with Gasteiger partial charge in [0.25, 0.3) is 0 Å². The van der Waals surface area contributed by atoms with Crippen LogP contribution < -0.4 is 0 Å². The second kappa shape index (κ2) is 6.34. The van der Waals surface area contributed by atoms with E-state index in [1.807, 2.05) is 39.0 Å². The fourth-order valence-electron chi connectivity index (χ4n) is 2.19. The molecule has 21 heavy (non-hydrogen) atoms. The summed E-state index contributed by atoms with van der Waals surface area (Å²) in [5.74, 6) is -0.184. The first-order valence-electron chi connectivity index (χ1n) is 6.66. The Morgan fingerprint density at radius 2 is 2.14 bits per heavy atom. The molecule has 0 radical (unpaired) electrons. The van der Waals surface area contributed by atoms with E-state index in [-0.39, 0.29) is 18.4 Å². The molecule has 1 aromatic heterocycles. The largest absolute Gasteiger partial charge is 0.481 e. The van der Waals surface area contributed by atoms with Crippen molar-refractivity contribution in [3.63, 3.8) is 0 Å². The number of halogens is 1. The van der Waals surface area contributed by atoms with Crippen molar-refractivity contribution in [1.82, 2.24) is 20.2 Å². The smallest absolute Gasteiger partial charge is 0.305 e. The molecular formula is C14H17BrN4O2. The SMILES string of the molecule is Cc1ccc(Br)c(-c2nnnn2C(CC(=O)O)C(C)C)c1. The summed E-state index contributed by atoms with van der Waals surface area (Å²) in [6.45, 7) is 5.91. The summed E-state index contributed by atoms with van der Waals surface area (Å²) >= 11 is 3.50. The number of aryl methyl sites for hydroxylation is 1. The Hall–Kier alpha value is -1.76. The second-order valence-electron chi connectivity index (χ2n) is 5.34. The number of nitrogens with zero attached hydrogens (tertiary/aromatic N) is 4. The van der Waals surface area contributed by atoms with Gasteiger partial charge in [-0.05, 0) is 35.4 Å². The lowest BCUT2D eigenvalue weighted by molar-refractivity contribution is -0.138. The maximum absolute atomic E-state index is 11.1. The van der Waals surface area contributed by atoms with Gasteiger partial charge in [-0.15, -0.1) is 5.10 Å². The topological polar surface area (TPSA) is 80.9 Å². The zero-order valence-electron chi connectivity index (χ0n) is 12.1. The Bertz CT molecular complexity index is 654. The van der Waals surface area contributed by atoms with E-state index < -0.39 is 5.97 Å². The number of carboxylic acids is 1. The maximum atomic E-state index is 11.1. The molecule has 1 N–H and O–H groups in total. The van der Waals surface area contributed by atoms with Gasteiger partial charge in [-0.25, -0.2) is 4.68 Å². The Balaban J connectivity index is 2.50. The van der Waals surface area contributed by atoms with Crippen LogP contribution in [0.1, 0.15) is 31.9 Å². The number of hydrogen-bond acceptors (Lipinski definition) is 4. The van der Waals surface area contributed by atoms with Crippen LogP contribution in [0.3, 0.4) is 0 Å². The van der Waals surface area contributed by atoms with E-state index in [1.54, 1.807) is 4.68 Å². The number of carbonyl (C=O) groups is 1. The molecule has 0 aliphatic carbocycles. The van der Waals surface area contributed by atoms with Crippen molar-refractivity contribution in [2.45, 2.75) is 33.2 Å². The number of tetrazole rings is 1. The molecule has 112 valence electrons. The molecule has 0 amide bonds. The summed E-state index contributed by atoms with van der Waals surface area (Å²) < 4.78 is 2.49. The van der Waals surface area contributed by atoms with E-state index >= 15 is 0 Å². The fourth-order valence-corrected chi connectivity index (χ4v) is 2.61. The van der Waals surface area contributed by atoms with Gasteiger partial charge >= 0.3 is 5.97 Å². The van der Waals surface area contributed by atoms with Crippen LogP contribution in [0.25, 0.3) is 11.4 Å². The zero-order chi connectivity index (χ0) is 15.6. The number of rotatable bonds is 5. The van der Waals surface area contributed by atoms with E-state index in [4.69, 9.17) is 5.11 Å². The second-order valence-corrected chi connectivity index (χ2v) is 6.19. The van der Waals surface area contributed by atoms with Crippen molar-refractivity contribution >= 4 is 21.9 Å². The summed E-state index contributed by atoms with van der Waals surface area (Å²) in [7, 11) is 0. The average Bonchev–Trinajstić information content (AvgIpc) is 2.87. The van der Waals surface area contributed by atoms with Gasteiger partial charge in [0.15, 0.2) is 5.82 Å². The third-order valence-corrected chi connectivity index (χ3v) is 4.01. The molecule has 6 nitrogen and oxygen atoms in total. The summed E-state index contributed by atoms with van der Waals surface area (Å²) in [5.41, 5.74) is 1.94. The molecule has 0 saturated carbocycles. The molecule has 7 heteroatoms. The van der Waals surface area contributed by atoms with Crippen molar-refractivity contribution in [2.75, 3.05) is 0 Å². The number of carboxylic acid groups (broad SMARTS) is 1. The van der Waals surface area contributed by atoms with Gasteiger partial charge in [-0.3, -0.25) is 4.79 Å². The van der Waals surface area contributed by atoms with Crippen molar-refractivity contribution in [3.05, 3.63) is 28.2 Å². The third-order valence-electron chi connectivity index (χ3n) is 3.32. The Kier molecular flexibility index (Phi) is 4.72. The first kappa shape index (κ1) is 15.6. The summed E-state index contributed by atoms with van der Waals surface area (Å²) in [5, 5.41) is 20.9. The van der Waals surface area contributed by atoms with Crippen molar-refractivity contribution in [3.8, 4) is 11.4 Å². The summed E-state index contributed by atoms with van der Waals surface area (Å²) in [4.78, 5) is 11.1. The number of aliphatic carboxylic acids is 1. The highest BCUT2D eigenvalue weighted by molar-refractivity contribution is 9.10. The van der Waals surface area contributed by atoms with E-state index in [0.29, 0.717) is 5.82 Å². The first-order chi connectivity index (χ1) is 9.90. The number of benzene rings is 1. The van der Waals surface area contributed by atoms with Crippen molar-refractivity contribution in [1.29, 1.82) is 0 Å². The molecule has 2 aromatic rings. The number of aromatic nitrogens is 4. The third kappa shape index (κ3) is 3.47. The van der Waals surface area contributed by atoms with Crippen LogP contribution in [-0.2, 0) is 4.79 Å². The van der Waals surface area contributed by atoms with Gasteiger partial charge < -0.3 is 5.11 Å². The lowest BCUT2D eigenvalue weighted by atomic mass is 10.0. The van der Waals surface area contributed by atoms with Gasteiger partial charge in [-0.2, -0.15) is 0 Å². The molecule has 1 unspecified atom stereocenters. The molecule has 0 aliphatic heterocycles. The number of hydrogen-bond donors (Lipinski definition) is 1. The lowest BCUT2D eigenvalue weighted by Gasteiger charge is -2.20. The fraction of sp³-hybridized carbons (Fsp3) is 0.429. The molecule has 0 saturated heterocycles. The zero-order valence-corrected chi connectivity index (χ0v) is 13.7. The highest BCUT2D eigenvalue weighted by Crippen LogP contribution is 2.31. The van der Waals surface area contributed by atoms with E-state index in [9.17, 15) is 4.79 Å². The predicted molar refractivity (Wildman–Crippen MR) is 81.8 cm³/mol. The first-order valence-corrected chi connectivity index (χ1v) is 7.45. The standard InChI is InChI=1S/C14H17BrN4O2/c1-8(2)12(7-13(20)21)19-14(16-17-18-19)10-6-9(3)4-5-11(10)15/h4-6,8,12H,7H2,1-3H3,(H,20,21). The molecule has 0 spiro atoms. The van der Waals surface area contributed by atoms with Crippen LogP contribution in [0.4, 0.5) is 0 Å². The van der Waals surface area contributed by atoms with Gasteiger partial charge in [0.2, 0.25) is 0 Å². The van der Waals surface area contributed by atoms with Crippen LogP contribution in [0.15, 0.2) is 22.7 Å². The molecule has 1 atom stereocenters. The molecular weight excluding hydrogens is 336 g/mol. The minimum atomic E-state index is -0.863. The van der Waals surface area contributed by atoms with Crippen LogP contribution >= 0.6 is 15.9 Å². The van der Waals surface area contributed by atoms with Crippen LogP contribution in [-0.4, -0.2) is 31.3 Å². The summed E-state index contributed by atoms with van der Waals surface area (Å²) in [6.07, 6.45) is -0.0147. The Labute approximate surface area is 131 Å². The van der Waals surface area contributed by atoms with Crippen molar-refractivity contribution < 1.29 is 9.90 Å². The van der Waals surface area contributed by atoms with Gasteiger partial charge in [0, 0.05) is 10.0 Å². The molecule has 1 heterocycles. The average molecular weight is 353 g/mol. The quantitative estimate of drug-likeness (QED) is 0.893. The van der Waals surface area contributed by atoms with Crippen LogP contribution in [0.5, 0.6) is 0 Å². The van der Waals surface area contributed by atoms with Gasteiger partial charge in [-0.1, -0.05) is 41.4 Å². The van der Waals surface area contributed by atoms with E-state index in [1.165, 1.54) is 0 Å². The predicted octanol–water partition coefficient (Wildman–Crippen LogP) is 3.08. The van der Waals surface area contributed by atoms with Crippen molar-refractivity contribution in [2.24, 2.45) is 5.92 Å². The normalized spacial score (nSPS) is 12.6. The van der Waals surface area contributed by atoms with Crippen LogP contribution in [0.2, 0.25) is 0 Å². The molecule has 1 aromatic carbocycles. The minimum absolute atomic E-state index is 0.0147. The lowest BCUT2D eigenvalue weighted by Crippen LogP contribution is -2.21. The highest BCUT2D eigenvalue weighted by Gasteiger charge is 2.25. The molecule has 0 aliphatic rings. The van der Waals surface area contributed by atoms with E-state index in [2.05, 4.69) is 31.5 Å². The van der Waals surface area contributed by atoms with Crippen LogP contribution in [0, 0.1) is 12.8 Å². The monoisotopic (exact) mass is 352 g/mol. The molecule has 0 bridgehead atoms. The highest BCUT2D eigenvalue weighted by atomic mass is 79.9. The molecule has 2 rings (SSSR count). The maximum Gasteiger partial charge on any atom is 0.305 e. The Morgan fingerprint density at radius 1 is 1.43 bits per heavy atom. The molecule has 0 fully saturated rings. The van der Waals surface area contributed by atoms with E-state index in [0.717, 1.165) is 15.6 Å². The summed E-state index contributed by atoms with van der Waals surface area (Å²) in [6, 6.07) is 5.61. The van der Waals surface area contributed by atoms with Gasteiger partial charge in [0.05, 0.1) is 12.5 Å². The Morgan fingerprint density at radius 3 is 2.76 bits per heavy atom.